The zero-order valence-electron chi connectivity index (χ0n) is 10.2. The van der Waals surface area contributed by atoms with E-state index in [1.54, 1.807) is 0 Å². The molecule has 1 N–H and O–H groups in total. The van der Waals surface area contributed by atoms with Gasteiger partial charge >= 0.3 is 0 Å². The first kappa shape index (κ1) is 11.4. The van der Waals surface area contributed by atoms with Gasteiger partial charge in [0.05, 0.1) is 0 Å². The molecule has 0 aromatic heterocycles. The van der Waals surface area contributed by atoms with Gasteiger partial charge in [-0.15, -0.1) is 0 Å². The Morgan fingerprint density at radius 3 is 2.13 bits per heavy atom. The fraction of sp³-hybridized carbons (Fsp3) is 1.00. The highest BCUT2D eigenvalue weighted by Gasteiger charge is 2.24. The summed E-state index contributed by atoms with van der Waals surface area (Å²) in [7, 11) is 2.35. The second-order valence-corrected chi connectivity index (χ2v) is 5.31. The minimum absolute atomic E-state index is 0.807. The highest BCUT2D eigenvalue weighted by molar-refractivity contribution is 4.82. The number of likely N-dealkylation sites (N-methyl/N-ethyl adjacent to an activating group) is 1. The van der Waals surface area contributed by atoms with E-state index in [1.165, 1.54) is 64.5 Å². The quantitative estimate of drug-likeness (QED) is 0.704. The Morgan fingerprint density at radius 1 is 0.867 bits per heavy atom. The highest BCUT2D eigenvalue weighted by atomic mass is 15.2. The van der Waals surface area contributed by atoms with Gasteiger partial charge in [-0.05, 0) is 39.3 Å². The molecule has 1 aliphatic carbocycles. The van der Waals surface area contributed by atoms with E-state index in [0.717, 1.165) is 12.1 Å². The zero-order chi connectivity index (χ0) is 10.5. The van der Waals surface area contributed by atoms with E-state index in [9.17, 15) is 0 Å². The van der Waals surface area contributed by atoms with Gasteiger partial charge in [0.15, 0.2) is 0 Å². The summed E-state index contributed by atoms with van der Waals surface area (Å²) in [4.78, 5) is 2.68. The zero-order valence-corrected chi connectivity index (χ0v) is 10.2. The van der Waals surface area contributed by atoms with Crippen molar-refractivity contribution in [1.82, 2.24) is 10.2 Å². The molecule has 2 rings (SSSR count). The van der Waals surface area contributed by atoms with Crippen LogP contribution >= 0.6 is 0 Å². The molecule has 1 saturated heterocycles. The Kier molecular flexibility index (Phi) is 4.45. The summed E-state index contributed by atoms with van der Waals surface area (Å²) in [5, 5.41) is 3.53. The molecule has 0 aromatic carbocycles. The number of rotatable bonds is 2. The standard InChI is InChI=1S/C13H26N2/c1-15(13-9-6-10-14-11-13)12-7-4-2-3-5-8-12/h12-14H,2-11H2,1H3. The second kappa shape index (κ2) is 5.86. The van der Waals surface area contributed by atoms with Crippen LogP contribution in [0.25, 0.3) is 0 Å². The van der Waals surface area contributed by atoms with Crippen molar-refractivity contribution < 1.29 is 0 Å². The van der Waals surface area contributed by atoms with Crippen molar-refractivity contribution in [3.8, 4) is 0 Å². The predicted octanol–water partition coefficient (Wildman–Crippen LogP) is 2.39. The first-order valence-corrected chi connectivity index (χ1v) is 6.80. The number of nitrogens with one attached hydrogen (secondary N) is 1. The molecule has 2 nitrogen and oxygen atoms in total. The van der Waals surface area contributed by atoms with Crippen LogP contribution in [0.15, 0.2) is 0 Å². The number of hydrogen-bond acceptors (Lipinski definition) is 2. The van der Waals surface area contributed by atoms with Crippen molar-refractivity contribution >= 4 is 0 Å². The molecule has 0 bridgehead atoms. The van der Waals surface area contributed by atoms with Gasteiger partial charge in [-0.2, -0.15) is 0 Å². The molecule has 88 valence electrons. The summed E-state index contributed by atoms with van der Waals surface area (Å²) in [5.41, 5.74) is 0. The van der Waals surface area contributed by atoms with Crippen LogP contribution in [0.3, 0.4) is 0 Å². The van der Waals surface area contributed by atoms with E-state index in [-0.39, 0.29) is 0 Å². The minimum Gasteiger partial charge on any atom is -0.315 e. The third-order valence-electron chi connectivity index (χ3n) is 4.25. The maximum atomic E-state index is 3.53. The van der Waals surface area contributed by atoms with Crippen molar-refractivity contribution in [2.75, 3.05) is 20.1 Å². The van der Waals surface area contributed by atoms with Gasteiger partial charge in [-0.25, -0.2) is 0 Å². The van der Waals surface area contributed by atoms with E-state index in [0.29, 0.717) is 0 Å². The van der Waals surface area contributed by atoms with Gasteiger partial charge in [0, 0.05) is 18.6 Å². The molecule has 0 aromatic rings. The van der Waals surface area contributed by atoms with Gasteiger partial charge < -0.3 is 5.32 Å². The Labute approximate surface area is 94.4 Å². The Bertz CT molecular complexity index is 167. The van der Waals surface area contributed by atoms with Gasteiger partial charge in [0.25, 0.3) is 0 Å². The van der Waals surface area contributed by atoms with Crippen molar-refractivity contribution in [2.24, 2.45) is 0 Å². The highest BCUT2D eigenvalue weighted by Crippen LogP contribution is 2.23. The largest absolute Gasteiger partial charge is 0.315 e. The molecule has 1 saturated carbocycles. The summed E-state index contributed by atoms with van der Waals surface area (Å²) in [5.74, 6) is 0. The van der Waals surface area contributed by atoms with Crippen molar-refractivity contribution in [3.05, 3.63) is 0 Å². The second-order valence-electron chi connectivity index (χ2n) is 5.31. The predicted molar refractivity (Wildman–Crippen MR) is 65.1 cm³/mol. The smallest absolute Gasteiger partial charge is 0.0220 e. The van der Waals surface area contributed by atoms with Gasteiger partial charge in [-0.1, -0.05) is 25.7 Å². The van der Waals surface area contributed by atoms with Crippen LogP contribution in [0.1, 0.15) is 51.4 Å². The fourth-order valence-electron chi connectivity index (χ4n) is 3.14. The molecule has 1 heterocycles. The van der Waals surface area contributed by atoms with Crippen molar-refractivity contribution in [1.29, 1.82) is 0 Å². The lowest BCUT2D eigenvalue weighted by Gasteiger charge is -2.37. The lowest BCUT2D eigenvalue weighted by molar-refractivity contribution is 0.134. The molecular formula is C13H26N2. The SMILES string of the molecule is CN(C1CCCCCC1)C1CCCNC1. The average Bonchev–Trinajstić information content (AvgIpc) is 2.58. The lowest BCUT2D eigenvalue weighted by atomic mass is 10.0. The molecule has 1 aliphatic heterocycles. The molecule has 15 heavy (non-hydrogen) atoms. The summed E-state index contributed by atoms with van der Waals surface area (Å²) in [6, 6.07) is 1.68. The van der Waals surface area contributed by atoms with E-state index in [4.69, 9.17) is 0 Å². The summed E-state index contributed by atoms with van der Waals surface area (Å²) >= 11 is 0. The molecule has 0 spiro atoms. The van der Waals surface area contributed by atoms with Crippen LogP contribution in [0.2, 0.25) is 0 Å². The molecule has 1 atom stereocenters. The molecular weight excluding hydrogens is 184 g/mol. The normalized spacial score (nSPS) is 30.4. The third kappa shape index (κ3) is 3.18. The molecule has 2 heteroatoms. The monoisotopic (exact) mass is 210 g/mol. The molecule has 2 aliphatic rings. The Hall–Kier alpha value is -0.0800. The van der Waals surface area contributed by atoms with E-state index in [1.807, 2.05) is 0 Å². The van der Waals surface area contributed by atoms with Gasteiger partial charge in [-0.3, -0.25) is 4.90 Å². The lowest BCUT2D eigenvalue weighted by Crippen LogP contribution is -2.48. The van der Waals surface area contributed by atoms with Crippen molar-refractivity contribution in [3.63, 3.8) is 0 Å². The van der Waals surface area contributed by atoms with Crippen LogP contribution in [-0.4, -0.2) is 37.1 Å². The van der Waals surface area contributed by atoms with Gasteiger partial charge in [0.1, 0.15) is 0 Å². The maximum absolute atomic E-state index is 3.53. The average molecular weight is 210 g/mol. The third-order valence-corrected chi connectivity index (χ3v) is 4.25. The maximum Gasteiger partial charge on any atom is 0.0220 e. The van der Waals surface area contributed by atoms with Crippen molar-refractivity contribution in [2.45, 2.75) is 63.5 Å². The molecule has 1 unspecified atom stereocenters. The van der Waals surface area contributed by atoms with Crippen LogP contribution in [0, 0.1) is 0 Å². The van der Waals surface area contributed by atoms with E-state index >= 15 is 0 Å². The first-order chi connectivity index (χ1) is 7.38. The summed E-state index contributed by atoms with van der Waals surface area (Å²) < 4.78 is 0. The van der Waals surface area contributed by atoms with Gasteiger partial charge in [0.2, 0.25) is 0 Å². The number of piperidine rings is 1. The minimum atomic E-state index is 0.807. The fourth-order valence-corrected chi connectivity index (χ4v) is 3.14. The van der Waals surface area contributed by atoms with E-state index in [2.05, 4.69) is 17.3 Å². The number of nitrogens with zero attached hydrogens (tertiary/aromatic N) is 1. The van der Waals surface area contributed by atoms with Crippen LogP contribution in [-0.2, 0) is 0 Å². The topological polar surface area (TPSA) is 15.3 Å². The van der Waals surface area contributed by atoms with Crippen LogP contribution in [0.5, 0.6) is 0 Å². The summed E-state index contributed by atoms with van der Waals surface area (Å²) in [6.45, 7) is 2.45. The number of hydrogen-bond donors (Lipinski definition) is 1. The molecule has 0 amide bonds. The van der Waals surface area contributed by atoms with Crippen LogP contribution < -0.4 is 5.32 Å². The first-order valence-electron chi connectivity index (χ1n) is 6.80. The molecule has 2 fully saturated rings. The Morgan fingerprint density at radius 2 is 1.53 bits per heavy atom. The Balaban J connectivity index is 1.83. The molecule has 0 radical (unpaired) electrons. The van der Waals surface area contributed by atoms with Crippen LogP contribution in [0.4, 0.5) is 0 Å². The summed E-state index contributed by atoms with van der Waals surface area (Å²) in [6.07, 6.45) is 11.5. The van der Waals surface area contributed by atoms with E-state index < -0.39 is 0 Å².